The molecule has 2 nitrogen and oxygen atoms in total. The molecule has 1 atom stereocenters. The summed E-state index contributed by atoms with van der Waals surface area (Å²) in [5.41, 5.74) is 1.20. The van der Waals surface area contributed by atoms with Crippen LogP contribution in [0.15, 0.2) is 30.3 Å². The van der Waals surface area contributed by atoms with Crippen LogP contribution in [-0.4, -0.2) is 19.0 Å². The van der Waals surface area contributed by atoms with E-state index in [1.807, 2.05) is 30.3 Å². The van der Waals surface area contributed by atoms with Crippen molar-refractivity contribution in [2.45, 2.75) is 12.3 Å². The molecule has 0 spiro atoms. The van der Waals surface area contributed by atoms with E-state index in [1.54, 1.807) is 0 Å². The Balaban J connectivity index is 2.13. The van der Waals surface area contributed by atoms with E-state index in [1.165, 1.54) is 5.56 Å². The van der Waals surface area contributed by atoms with Gasteiger partial charge in [0.2, 0.25) is 0 Å². The Morgan fingerprint density at radius 3 is 2.69 bits per heavy atom. The average Bonchev–Trinajstić information content (AvgIpc) is 2.19. The molecule has 0 aliphatic carbocycles. The third-order valence-corrected chi connectivity index (χ3v) is 2.33. The SMILES string of the molecule is O=C1COC[C@H](c2ccccc2)C1. The standard InChI is InChI=1S/C11H12O2/c12-11-6-10(7-13-8-11)9-4-2-1-3-5-9/h1-5,10H,6-8H2/t10-/m1/s1. The highest BCUT2D eigenvalue weighted by molar-refractivity contribution is 5.81. The molecule has 13 heavy (non-hydrogen) atoms. The first-order valence-electron chi connectivity index (χ1n) is 4.50. The van der Waals surface area contributed by atoms with Crippen LogP contribution in [-0.2, 0) is 9.53 Å². The molecule has 0 unspecified atom stereocenters. The number of hydrogen-bond donors (Lipinski definition) is 0. The molecule has 0 N–H and O–H groups in total. The predicted molar refractivity (Wildman–Crippen MR) is 49.6 cm³/mol. The van der Waals surface area contributed by atoms with E-state index in [0.717, 1.165) is 0 Å². The van der Waals surface area contributed by atoms with Crippen LogP contribution < -0.4 is 0 Å². The number of hydrogen-bond acceptors (Lipinski definition) is 2. The van der Waals surface area contributed by atoms with Gasteiger partial charge in [-0.25, -0.2) is 0 Å². The molecule has 0 amide bonds. The zero-order valence-corrected chi connectivity index (χ0v) is 7.40. The van der Waals surface area contributed by atoms with Gasteiger partial charge in [-0.2, -0.15) is 0 Å². The number of ketones is 1. The van der Waals surface area contributed by atoms with Crippen molar-refractivity contribution in [3.63, 3.8) is 0 Å². The van der Waals surface area contributed by atoms with E-state index in [2.05, 4.69) is 0 Å². The van der Waals surface area contributed by atoms with Gasteiger partial charge in [0.25, 0.3) is 0 Å². The van der Waals surface area contributed by atoms with Crippen LogP contribution in [0.25, 0.3) is 0 Å². The molecule has 1 fully saturated rings. The molecule has 0 saturated carbocycles. The maximum absolute atomic E-state index is 11.1. The summed E-state index contributed by atoms with van der Waals surface area (Å²) in [6.45, 7) is 0.971. The quantitative estimate of drug-likeness (QED) is 0.651. The fraction of sp³-hybridized carbons (Fsp3) is 0.364. The van der Waals surface area contributed by atoms with E-state index in [9.17, 15) is 4.79 Å². The van der Waals surface area contributed by atoms with Gasteiger partial charge >= 0.3 is 0 Å². The summed E-state index contributed by atoms with van der Waals surface area (Å²) in [7, 11) is 0. The highest BCUT2D eigenvalue weighted by Crippen LogP contribution is 2.22. The van der Waals surface area contributed by atoms with Crippen molar-refractivity contribution in [2.75, 3.05) is 13.2 Å². The lowest BCUT2D eigenvalue weighted by Gasteiger charge is -2.21. The Kier molecular flexibility index (Phi) is 2.41. The molecule has 1 aromatic carbocycles. The lowest BCUT2D eigenvalue weighted by molar-refractivity contribution is -0.128. The number of carbonyl (C=O) groups excluding carboxylic acids is 1. The van der Waals surface area contributed by atoms with E-state index < -0.39 is 0 Å². The van der Waals surface area contributed by atoms with Gasteiger partial charge in [-0.15, -0.1) is 0 Å². The Labute approximate surface area is 77.5 Å². The summed E-state index contributed by atoms with van der Waals surface area (Å²) in [6, 6.07) is 10.1. The highest BCUT2D eigenvalue weighted by Gasteiger charge is 2.20. The number of benzene rings is 1. The first-order chi connectivity index (χ1) is 6.36. The highest BCUT2D eigenvalue weighted by atomic mass is 16.5. The predicted octanol–water partition coefficient (Wildman–Crippen LogP) is 1.76. The van der Waals surface area contributed by atoms with Crippen molar-refractivity contribution in [3.8, 4) is 0 Å². The van der Waals surface area contributed by atoms with Crippen LogP contribution in [0, 0.1) is 0 Å². The number of ether oxygens (including phenoxy) is 1. The monoisotopic (exact) mass is 176 g/mol. The molecule has 2 rings (SSSR count). The van der Waals surface area contributed by atoms with Crippen LogP contribution >= 0.6 is 0 Å². The Morgan fingerprint density at radius 1 is 1.23 bits per heavy atom. The summed E-state index contributed by atoms with van der Waals surface area (Å²) in [5, 5.41) is 0. The van der Waals surface area contributed by atoms with Crippen LogP contribution in [0.5, 0.6) is 0 Å². The maximum atomic E-state index is 11.1. The van der Waals surface area contributed by atoms with Crippen molar-refractivity contribution >= 4 is 5.78 Å². The Morgan fingerprint density at radius 2 is 2.00 bits per heavy atom. The summed E-state index contributed by atoms with van der Waals surface area (Å²) < 4.78 is 5.20. The summed E-state index contributed by atoms with van der Waals surface area (Å²) in [4.78, 5) is 11.1. The first kappa shape index (κ1) is 8.45. The van der Waals surface area contributed by atoms with Crippen LogP contribution in [0.4, 0.5) is 0 Å². The van der Waals surface area contributed by atoms with Gasteiger partial charge in [0.1, 0.15) is 6.61 Å². The molecule has 1 heterocycles. The second-order valence-electron chi connectivity index (χ2n) is 3.37. The van der Waals surface area contributed by atoms with Gasteiger partial charge < -0.3 is 4.74 Å². The van der Waals surface area contributed by atoms with Crippen LogP contribution in [0.1, 0.15) is 17.9 Å². The van der Waals surface area contributed by atoms with Gasteiger partial charge in [-0.3, -0.25) is 4.79 Å². The molecule has 1 aliphatic rings. The third-order valence-electron chi connectivity index (χ3n) is 2.33. The lowest BCUT2D eigenvalue weighted by atomic mass is 9.93. The van der Waals surface area contributed by atoms with E-state index >= 15 is 0 Å². The topological polar surface area (TPSA) is 26.3 Å². The van der Waals surface area contributed by atoms with Gasteiger partial charge in [-0.05, 0) is 5.56 Å². The maximum Gasteiger partial charge on any atom is 0.159 e. The van der Waals surface area contributed by atoms with Gasteiger partial charge in [-0.1, -0.05) is 30.3 Å². The summed E-state index contributed by atoms with van der Waals surface area (Å²) in [6.07, 6.45) is 0.629. The third kappa shape index (κ3) is 1.95. The van der Waals surface area contributed by atoms with E-state index in [-0.39, 0.29) is 11.7 Å². The smallest absolute Gasteiger partial charge is 0.159 e. The van der Waals surface area contributed by atoms with E-state index in [4.69, 9.17) is 4.74 Å². The van der Waals surface area contributed by atoms with Crippen molar-refractivity contribution < 1.29 is 9.53 Å². The zero-order valence-electron chi connectivity index (χ0n) is 7.40. The molecular formula is C11H12O2. The molecule has 1 aromatic rings. The molecule has 0 aromatic heterocycles. The second-order valence-corrected chi connectivity index (χ2v) is 3.37. The van der Waals surface area contributed by atoms with Crippen molar-refractivity contribution in [1.82, 2.24) is 0 Å². The Hall–Kier alpha value is -1.15. The number of rotatable bonds is 1. The fourth-order valence-electron chi connectivity index (χ4n) is 1.65. The number of carbonyl (C=O) groups is 1. The number of Topliss-reactive ketones (excluding diaryl/α,β-unsaturated/α-hetero) is 1. The molecule has 2 heteroatoms. The Bertz CT molecular complexity index is 292. The minimum absolute atomic E-state index is 0.208. The van der Waals surface area contributed by atoms with Crippen molar-refractivity contribution in [1.29, 1.82) is 0 Å². The van der Waals surface area contributed by atoms with Gasteiger partial charge in [0.15, 0.2) is 5.78 Å². The molecular weight excluding hydrogens is 164 g/mol. The largest absolute Gasteiger partial charge is 0.373 e. The molecule has 1 aliphatic heterocycles. The summed E-state index contributed by atoms with van der Waals surface area (Å²) in [5.74, 6) is 0.475. The first-order valence-corrected chi connectivity index (χ1v) is 4.50. The minimum Gasteiger partial charge on any atom is -0.373 e. The zero-order chi connectivity index (χ0) is 9.10. The normalized spacial score (nSPS) is 23.1. The van der Waals surface area contributed by atoms with Crippen molar-refractivity contribution in [3.05, 3.63) is 35.9 Å². The molecule has 0 radical (unpaired) electrons. The minimum atomic E-state index is 0.208. The fourth-order valence-corrected chi connectivity index (χ4v) is 1.65. The van der Waals surface area contributed by atoms with Crippen LogP contribution in [0.2, 0.25) is 0 Å². The van der Waals surface area contributed by atoms with E-state index in [0.29, 0.717) is 19.6 Å². The molecule has 1 saturated heterocycles. The van der Waals surface area contributed by atoms with Crippen molar-refractivity contribution in [2.24, 2.45) is 0 Å². The average molecular weight is 176 g/mol. The summed E-state index contributed by atoms with van der Waals surface area (Å²) >= 11 is 0. The van der Waals surface area contributed by atoms with Crippen LogP contribution in [0.3, 0.4) is 0 Å². The lowest BCUT2D eigenvalue weighted by Crippen LogP contribution is -2.23. The molecule has 68 valence electrons. The molecule has 0 bridgehead atoms. The second kappa shape index (κ2) is 3.71. The van der Waals surface area contributed by atoms with Gasteiger partial charge in [0, 0.05) is 12.3 Å². The van der Waals surface area contributed by atoms with Gasteiger partial charge in [0.05, 0.1) is 6.61 Å².